The lowest BCUT2D eigenvalue weighted by Gasteiger charge is -2.31. The fourth-order valence-corrected chi connectivity index (χ4v) is 4.47. The lowest BCUT2D eigenvalue weighted by atomic mass is 10.1. The van der Waals surface area contributed by atoms with Crippen molar-refractivity contribution >= 4 is 39.4 Å². The predicted molar refractivity (Wildman–Crippen MR) is 139 cm³/mol. The second-order valence-corrected chi connectivity index (χ2v) is 9.97. The van der Waals surface area contributed by atoms with Crippen LogP contribution in [-0.2, 0) is 4.79 Å². The van der Waals surface area contributed by atoms with E-state index in [1.54, 1.807) is 35.5 Å². The summed E-state index contributed by atoms with van der Waals surface area (Å²) in [6, 6.07) is 4.87. The third-order valence-corrected chi connectivity index (χ3v) is 6.76. The van der Waals surface area contributed by atoms with Gasteiger partial charge in [-0.05, 0) is 46.6 Å². The maximum Gasteiger partial charge on any atom is 0.254 e. The zero-order valence-electron chi connectivity index (χ0n) is 20.3. The zero-order chi connectivity index (χ0) is 26.4. The molecule has 198 valence electrons. The summed E-state index contributed by atoms with van der Waals surface area (Å²) in [6.07, 6.45) is 4.86. The fraction of sp³-hybridized carbons (Fsp3) is 0.440. The number of hydrogen-bond donors (Lipinski definition) is 2. The van der Waals surface area contributed by atoms with Gasteiger partial charge in [0.1, 0.15) is 12.4 Å². The van der Waals surface area contributed by atoms with Crippen molar-refractivity contribution in [1.29, 1.82) is 0 Å². The average Bonchev–Trinajstić information content (AvgIpc) is 3.35. The van der Waals surface area contributed by atoms with Crippen molar-refractivity contribution in [2.75, 3.05) is 50.0 Å². The van der Waals surface area contributed by atoms with Crippen LogP contribution in [0.1, 0.15) is 29.6 Å². The molecule has 1 atom stereocenters. The first kappa shape index (κ1) is 26.9. The van der Waals surface area contributed by atoms with Gasteiger partial charge in [-0.15, -0.1) is 0 Å². The lowest BCUT2D eigenvalue weighted by molar-refractivity contribution is -0.111. The largest absolute Gasteiger partial charge is 0.490 e. The van der Waals surface area contributed by atoms with Crippen LogP contribution in [0, 0.1) is 0 Å². The Morgan fingerprint density at radius 1 is 1.22 bits per heavy atom. The lowest BCUT2D eigenvalue weighted by Crippen LogP contribution is -2.41. The average molecular weight is 579 g/mol. The van der Waals surface area contributed by atoms with Gasteiger partial charge in [0.15, 0.2) is 0 Å². The Kier molecular flexibility index (Phi) is 8.70. The van der Waals surface area contributed by atoms with Crippen LogP contribution < -0.4 is 15.4 Å². The number of rotatable bonds is 9. The molecule has 0 radical (unpaired) electrons. The molecular formula is C25H29BrF2N6O3. The number of alkyl halides is 2. The third-order valence-electron chi connectivity index (χ3n) is 6.35. The van der Waals surface area contributed by atoms with Crippen LogP contribution in [0.3, 0.4) is 0 Å². The van der Waals surface area contributed by atoms with Gasteiger partial charge in [-0.25, -0.2) is 18.7 Å². The van der Waals surface area contributed by atoms with Crippen molar-refractivity contribution in [2.45, 2.75) is 31.2 Å². The first-order chi connectivity index (χ1) is 17.7. The van der Waals surface area contributed by atoms with Gasteiger partial charge >= 0.3 is 0 Å². The number of piperidine rings is 1. The SMILES string of the molecule is C=CC(=O)Nc1ccc(C(=O)N2CC[C@@H](Nc3ncc(Br)cn3)C2)cc1OCCN1CCC(F)(F)CC1. The molecule has 2 saturated heterocycles. The summed E-state index contributed by atoms with van der Waals surface area (Å²) in [5.74, 6) is -2.35. The Labute approximate surface area is 222 Å². The standard InChI is InChI=1S/C25H29BrF2N6O3/c1-2-22(35)32-20-4-3-17(13-21(20)37-12-11-33-9-6-25(27,28)7-10-33)23(36)34-8-5-19(16-34)31-24-29-14-18(26)15-30-24/h2-4,13-15,19H,1,5-12,16H2,(H,32,35)(H,29,30,31)/t19-/m1/s1. The molecular weight excluding hydrogens is 550 g/mol. The highest BCUT2D eigenvalue weighted by Gasteiger charge is 2.33. The van der Waals surface area contributed by atoms with E-state index in [2.05, 4.69) is 43.1 Å². The molecule has 0 aliphatic carbocycles. The number of carbonyl (C=O) groups is 2. The molecule has 2 aliphatic rings. The number of nitrogens with one attached hydrogen (secondary N) is 2. The van der Waals surface area contributed by atoms with Crippen molar-refractivity contribution < 1.29 is 23.1 Å². The van der Waals surface area contributed by atoms with Crippen molar-refractivity contribution in [1.82, 2.24) is 19.8 Å². The van der Waals surface area contributed by atoms with E-state index in [-0.39, 0.29) is 31.4 Å². The van der Waals surface area contributed by atoms with Gasteiger partial charge in [0.05, 0.1) is 10.2 Å². The van der Waals surface area contributed by atoms with Crippen LogP contribution in [0.25, 0.3) is 0 Å². The van der Waals surface area contributed by atoms with Crippen molar-refractivity contribution in [2.24, 2.45) is 0 Å². The zero-order valence-corrected chi connectivity index (χ0v) is 21.8. The molecule has 2 fully saturated rings. The number of ether oxygens (including phenoxy) is 1. The highest BCUT2D eigenvalue weighted by atomic mass is 79.9. The van der Waals surface area contributed by atoms with E-state index in [1.165, 1.54) is 0 Å². The van der Waals surface area contributed by atoms with Crippen LogP contribution in [0.15, 0.2) is 47.7 Å². The highest BCUT2D eigenvalue weighted by Crippen LogP contribution is 2.29. The molecule has 2 N–H and O–H groups in total. The molecule has 0 unspecified atom stereocenters. The third kappa shape index (κ3) is 7.45. The molecule has 0 bridgehead atoms. The van der Waals surface area contributed by atoms with Crippen molar-refractivity contribution in [3.63, 3.8) is 0 Å². The van der Waals surface area contributed by atoms with Gasteiger partial charge in [0, 0.05) is 69.6 Å². The first-order valence-electron chi connectivity index (χ1n) is 12.1. The molecule has 0 spiro atoms. The van der Waals surface area contributed by atoms with Gasteiger partial charge in [-0.3, -0.25) is 14.5 Å². The Hall–Kier alpha value is -3.12. The van der Waals surface area contributed by atoms with Crippen LogP contribution in [0.5, 0.6) is 5.75 Å². The van der Waals surface area contributed by atoms with Crippen molar-refractivity contribution in [3.05, 3.63) is 53.3 Å². The van der Waals surface area contributed by atoms with Crippen LogP contribution in [0.2, 0.25) is 0 Å². The monoisotopic (exact) mass is 578 g/mol. The summed E-state index contributed by atoms with van der Waals surface area (Å²) in [5, 5.41) is 5.93. The summed E-state index contributed by atoms with van der Waals surface area (Å²) in [4.78, 5) is 37.2. The normalized spacial score (nSPS) is 19.3. The summed E-state index contributed by atoms with van der Waals surface area (Å²) in [5.41, 5.74) is 0.824. The minimum atomic E-state index is -2.61. The van der Waals surface area contributed by atoms with E-state index in [1.807, 2.05) is 4.90 Å². The molecule has 3 heterocycles. The van der Waals surface area contributed by atoms with E-state index < -0.39 is 11.8 Å². The molecule has 37 heavy (non-hydrogen) atoms. The molecule has 2 aliphatic heterocycles. The van der Waals surface area contributed by atoms with Crippen LogP contribution in [0.4, 0.5) is 20.4 Å². The van der Waals surface area contributed by atoms with Crippen molar-refractivity contribution in [3.8, 4) is 5.75 Å². The number of aromatic nitrogens is 2. The van der Waals surface area contributed by atoms with Gasteiger partial charge < -0.3 is 20.3 Å². The van der Waals surface area contributed by atoms with Gasteiger partial charge in [-0.1, -0.05) is 6.58 Å². The van der Waals surface area contributed by atoms with Crippen LogP contribution in [-0.4, -0.2) is 82.9 Å². The Balaban J connectivity index is 1.39. The smallest absolute Gasteiger partial charge is 0.254 e. The first-order valence-corrected chi connectivity index (χ1v) is 12.9. The maximum absolute atomic E-state index is 13.4. The number of carbonyl (C=O) groups excluding carboxylic acids is 2. The number of anilines is 2. The fourth-order valence-electron chi connectivity index (χ4n) is 4.26. The number of likely N-dealkylation sites (tertiary alicyclic amines) is 2. The summed E-state index contributed by atoms with van der Waals surface area (Å²) in [7, 11) is 0. The maximum atomic E-state index is 13.4. The van der Waals surface area contributed by atoms with E-state index in [9.17, 15) is 18.4 Å². The molecule has 9 nitrogen and oxygen atoms in total. The van der Waals surface area contributed by atoms with Gasteiger partial charge in [-0.2, -0.15) is 0 Å². The molecule has 2 aromatic rings. The number of amides is 2. The molecule has 2 amide bonds. The number of halogens is 3. The number of nitrogens with zero attached hydrogens (tertiary/aromatic N) is 4. The van der Waals surface area contributed by atoms with E-state index in [4.69, 9.17) is 4.74 Å². The minimum absolute atomic E-state index is 0.0175. The molecule has 4 rings (SSSR count). The number of hydrogen-bond acceptors (Lipinski definition) is 7. The summed E-state index contributed by atoms with van der Waals surface area (Å²) >= 11 is 3.31. The Morgan fingerprint density at radius 3 is 2.65 bits per heavy atom. The van der Waals surface area contributed by atoms with E-state index in [0.717, 1.165) is 17.0 Å². The molecule has 1 aromatic heterocycles. The predicted octanol–water partition coefficient (Wildman–Crippen LogP) is 3.80. The Morgan fingerprint density at radius 2 is 1.95 bits per heavy atom. The second-order valence-electron chi connectivity index (χ2n) is 9.06. The van der Waals surface area contributed by atoms with Gasteiger partial charge in [0.2, 0.25) is 11.9 Å². The second kappa shape index (κ2) is 12.0. The Bertz CT molecular complexity index is 1120. The van der Waals surface area contributed by atoms with E-state index >= 15 is 0 Å². The van der Waals surface area contributed by atoms with Gasteiger partial charge in [0.25, 0.3) is 11.8 Å². The van der Waals surface area contributed by atoms with E-state index in [0.29, 0.717) is 55.7 Å². The van der Waals surface area contributed by atoms with Crippen LogP contribution >= 0.6 is 15.9 Å². The minimum Gasteiger partial charge on any atom is -0.490 e. The summed E-state index contributed by atoms with van der Waals surface area (Å²) < 4.78 is 33.5. The summed E-state index contributed by atoms with van der Waals surface area (Å²) in [6.45, 7) is 5.79. The number of benzene rings is 1. The molecule has 1 aromatic carbocycles. The topological polar surface area (TPSA) is 99.7 Å². The highest BCUT2D eigenvalue weighted by molar-refractivity contribution is 9.10. The molecule has 12 heteroatoms. The quantitative estimate of drug-likeness (QED) is 0.436. The molecule has 0 saturated carbocycles.